The summed E-state index contributed by atoms with van der Waals surface area (Å²) in [5.74, 6) is -0.702. The number of allylic oxidation sites excluding steroid dienone is 1. The molecule has 0 bridgehead atoms. The van der Waals surface area contributed by atoms with Crippen LogP contribution in [0.3, 0.4) is 0 Å². The largest absolute Gasteiger partial charge is 0.461 e. The van der Waals surface area contributed by atoms with Gasteiger partial charge in [0, 0.05) is 17.8 Å². The second-order valence-electron chi connectivity index (χ2n) is 4.97. The highest BCUT2D eigenvalue weighted by Crippen LogP contribution is 2.29. The summed E-state index contributed by atoms with van der Waals surface area (Å²) in [5.41, 5.74) is 0.644. The number of carbonyl (C=O) groups excluding carboxylic acids is 2. The minimum Gasteiger partial charge on any atom is -0.461 e. The highest BCUT2D eigenvalue weighted by Gasteiger charge is 2.32. The van der Waals surface area contributed by atoms with E-state index < -0.39 is 23.0 Å². The van der Waals surface area contributed by atoms with Gasteiger partial charge in [0.1, 0.15) is 6.61 Å². The molecule has 124 valence electrons. The summed E-state index contributed by atoms with van der Waals surface area (Å²) in [5, 5.41) is 24.5. The van der Waals surface area contributed by atoms with Crippen molar-refractivity contribution in [3.05, 3.63) is 51.2 Å². The van der Waals surface area contributed by atoms with Crippen LogP contribution in [-0.2, 0) is 9.53 Å². The first-order valence-corrected chi connectivity index (χ1v) is 7.00. The third kappa shape index (κ3) is 3.67. The number of nitriles is 1. The molecule has 9 nitrogen and oxygen atoms in total. The fraction of sp³-hybridized carbons (Fsp3) is 0.267. The zero-order valence-corrected chi connectivity index (χ0v) is 12.7. The van der Waals surface area contributed by atoms with E-state index in [9.17, 15) is 19.7 Å². The lowest BCUT2D eigenvalue weighted by Crippen LogP contribution is -2.45. The van der Waals surface area contributed by atoms with Crippen molar-refractivity contribution in [2.24, 2.45) is 0 Å². The molecular formula is C15H14N4O5. The summed E-state index contributed by atoms with van der Waals surface area (Å²) in [6, 6.07) is 6.08. The summed E-state index contributed by atoms with van der Waals surface area (Å²) >= 11 is 0. The average molecular weight is 330 g/mol. The quantitative estimate of drug-likeness (QED) is 0.365. The van der Waals surface area contributed by atoms with Crippen molar-refractivity contribution in [2.45, 2.75) is 19.4 Å². The normalized spacial score (nSPS) is 16.7. The fourth-order valence-corrected chi connectivity index (χ4v) is 2.30. The summed E-state index contributed by atoms with van der Waals surface area (Å²) in [7, 11) is 0. The van der Waals surface area contributed by atoms with Crippen molar-refractivity contribution in [1.82, 2.24) is 10.6 Å². The molecule has 0 spiro atoms. The van der Waals surface area contributed by atoms with Crippen LogP contribution in [-0.4, -0.2) is 23.5 Å². The van der Waals surface area contributed by atoms with Crippen LogP contribution in [0.4, 0.5) is 10.5 Å². The summed E-state index contributed by atoms with van der Waals surface area (Å²) in [4.78, 5) is 34.4. The predicted molar refractivity (Wildman–Crippen MR) is 81.4 cm³/mol. The van der Waals surface area contributed by atoms with Gasteiger partial charge in [-0.1, -0.05) is 12.1 Å². The Morgan fingerprint density at radius 3 is 2.92 bits per heavy atom. The number of rotatable bonds is 5. The number of hydrogen-bond donors (Lipinski definition) is 2. The van der Waals surface area contributed by atoms with Gasteiger partial charge in [0.25, 0.3) is 5.69 Å². The maximum absolute atomic E-state index is 12.3. The number of non-ortho nitro benzene ring substituents is 1. The number of carbonyl (C=O) groups is 2. The molecule has 2 amide bonds. The first-order chi connectivity index (χ1) is 11.4. The molecule has 0 unspecified atom stereocenters. The number of urea groups is 1. The van der Waals surface area contributed by atoms with Crippen molar-refractivity contribution >= 4 is 17.7 Å². The molecule has 0 aromatic heterocycles. The van der Waals surface area contributed by atoms with Gasteiger partial charge in [-0.2, -0.15) is 5.26 Å². The third-order valence-electron chi connectivity index (χ3n) is 3.35. The Labute approximate surface area is 137 Å². The van der Waals surface area contributed by atoms with Crippen LogP contribution in [0.15, 0.2) is 35.5 Å². The molecule has 1 aromatic rings. The van der Waals surface area contributed by atoms with Gasteiger partial charge in [-0.25, -0.2) is 9.59 Å². The summed E-state index contributed by atoms with van der Waals surface area (Å²) in [6.45, 7) is 1.45. The molecule has 24 heavy (non-hydrogen) atoms. The minimum absolute atomic E-state index is 0.0410. The zero-order chi connectivity index (χ0) is 17.7. The highest BCUT2D eigenvalue weighted by atomic mass is 16.6. The first kappa shape index (κ1) is 17.0. The van der Waals surface area contributed by atoms with Gasteiger partial charge in [0.05, 0.1) is 29.0 Å². The monoisotopic (exact) mass is 330 g/mol. The van der Waals surface area contributed by atoms with Crippen LogP contribution in [0, 0.1) is 21.4 Å². The summed E-state index contributed by atoms with van der Waals surface area (Å²) < 4.78 is 5.01. The second kappa shape index (κ2) is 7.23. The van der Waals surface area contributed by atoms with E-state index in [0.29, 0.717) is 5.56 Å². The van der Waals surface area contributed by atoms with Gasteiger partial charge in [-0.3, -0.25) is 10.1 Å². The third-order valence-corrected chi connectivity index (χ3v) is 3.35. The molecule has 1 heterocycles. The molecule has 9 heteroatoms. The number of benzene rings is 1. The van der Waals surface area contributed by atoms with E-state index >= 15 is 0 Å². The Balaban J connectivity index is 2.38. The second-order valence-corrected chi connectivity index (χ2v) is 4.97. The molecule has 2 N–H and O–H groups in total. The predicted octanol–water partition coefficient (Wildman–Crippen LogP) is 1.68. The van der Waals surface area contributed by atoms with Crippen molar-refractivity contribution in [3.8, 4) is 6.07 Å². The molecule has 1 atom stereocenters. The standard InChI is InChI=1S/C15H14N4O5/c1-9-12(14(20)24-7-3-6-16)13(18-15(21)17-9)10-4-2-5-11(8-10)19(22)23/h2,4-5,8,13H,3,7H2,1H3,(H2,17,18,21)/t13-/m1/s1. The number of esters is 1. The number of nitro groups is 1. The van der Waals surface area contributed by atoms with Crippen LogP contribution < -0.4 is 10.6 Å². The van der Waals surface area contributed by atoms with Gasteiger partial charge in [0.2, 0.25) is 0 Å². The molecule has 0 saturated heterocycles. The Hall–Kier alpha value is -3.41. The maximum atomic E-state index is 12.3. The maximum Gasteiger partial charge on any atom is 0.338 e. The molecule has 0 radical (unpaired) electrons. The van der Waals surface area contributed by atoms with Crippen molar-refractivity contribution in [2.75, 3.05) is 6.61 Å². The molecular weight excluding hydrogens is 316 g/mol. The number of ether oxygens (including phenoxy) is 1. The lowest BCUT2D eigenvalue weighted by molar-refractivity contribution is -0.384. The van der Waals surface area contributed by atoms with E-state index in [-0.39, 0.29) is 30.0 Å². The number of hydrogen-bond acceptors (Lipinski definition) is 6. The van der Waals surface area contributed by atoms with E-state index in [2.05, 4.69) is 10.6 Å². The van der Waals surface area contributed by atoms with Crippen molar-refractivity contribution in [3.63, 3.8) is 0 Å². The van der Waals surface area contributed by atoms with Gasteiger partial charge in [-0.15, -0.1) is 0 Å². The number of nitrogens with zero attached hydrogens (tertiary/aromatic N) is 2. The van der Waals surface area contributed by atoms with Crippen molar-refractivity contribution < 1.29 is 19.2 Å². The molecule has 1 aromatic carbocycles. The van der Waals surface area contributed by atoms with Crippen LogP contribution in [0.1, 0.15) is 24.9 Å². The Kier molecular flexibility index (Phi) is 5.11. The molecule has 0 aliphatic carbocycles. The topological polar surface area (TPSA) is 134 Å². The molecule has 0 fully saturated rings. The SMILES string of the molecule is CC1=C(C(=O)OCCC#N)[C@@H](c2cccc([N+](=O)[O-])c2)NC(=O)N1. The molecule has 2 rings (SSSR count). The van der Waals surface area contributed by atoms with Crippen LogP contribution in [0.5, 0.6) is 0 Å². The van der Waals surface area contributed by atoms with Crippen LogP contribution in [0.25, 0.3) is 0 Å². The number of nitro benzene ring substituents is 1. The van der Waals surface area contributed by atoms with E-state index in [1.165, 1.54) is 25.1 Å². The fourth-order valence-electron chi connectivity index (χ4n) is 2.30. The van der Waals surface area contributed by atoms with Gasteiger partial charge in [0.15, 0.2) is 0 Å². The molecule has 1 aliphatic heterocycles. The Morgan fingerprint density at radius 2 is 2.25 bits per heavy atom. The lowest BCUT2D eigenvalue weighted by atomic mass is 9.95. The molecule has 0 saturated carbocycles. The number of nitrogens with one attached hydrogen (secondary N) is 2. The van der Waals surface area contributed by atoms with Crippen LogP contribution in [0.2, 0.25) is 0 Å². The van der Waals surface area contributed by atoms with E-state index in [1.807, 2.05) is 6.07 Å². The molecule has 1 aliphatic rings. The van der Waals surface area contributed by atoms with Gasteiger partial charge < -0.3 is 15.4 Å². The highest BCUT2D eigenvalue weighted by molar-refractivity contribution is 5.95. The smallest absolute Gasteiger partial charge is 0.338 e. The van der Waals surface area contributed by atoms with Gasteiger partial charge in [-0.05, 0) is 12.5 Å². The first-order valence-electron chi connectivity index (χ1n) is 7.00. The van der Waals surface area contributed by atoms with Crippen LogP contribution >= 0.6 is 0 Å². The van der Waals surface area contributed by atoms with E-state index in [1.54, 1.807) is 6.07 Å². The van der Waals surface area contributed by atoms with Gasteiger partial charge >= 0.3 is 12.0 Å². The van der Waals surface area contributed by atoms with E-state index in [4.69, 9.17) is 10.00 Å². The van der Waals surface area contributed by atoms with E-state index in [0.717, 1.165) is 0 Å². The Bertz CT molecular complexity index is 765. The number of amides is 2. The minimum atomic E-state index is -0.881. The average Bonchev–Trinajstić information content (AvgIpc) is 2.54. The van der Waals surface area contributed by atoms with Crippen molar-refractivity contribution in [1.29, 1.82) is 5.26 Å². The Morgan fingerprint density at radius 1 is 1.50 bits per heavy atom. The lowest BCUT2D eigenvalue weighted by Gasteiger charge is -2.28. The summed E-state index contributed by atoms with van der Waals surface area (Å²) in [6.07, 6.45) is 0.0410. The zero-order valence-electron chi connectivity index (χ0n) is 12.7.